The maximum absolute atomic E-state index is 5.91. The summed E-state index contributed by atoms with van der Waals surface area (Å²) in [5.41, 5.74) is 7.77. The summed E-state index contributed by atoms with van der Waals surface area (Å²) in [5, 5.41) is 0. The lowest BCUT2D eigenvalue weighted by Crippen LogP contribution is -2.30. The summed E-state index contributed by atoms with van der Waals surface area (Å²) >= 11 is 0. The van der Waals surface area contributed by atoms with Crippen molar-refractivity contribution in [2.24, 2.45) is 0 Å². The molecule has 0 aromatic heterocycles. The molecular weight excluding hydrogens is 212 g/mol. The Kier molecular flexibility index (Phi) is 4.67. The summed E-state index contributed by atoms with van der Waals surface area (Å²) in [5.74, 6) is 0.775. The fourth-order valence-corrected chi connectivity index (χ4v) is 1.90. The standard InChI is InChI=1S/C14H24N2O/c1-6-16(10(2)3)12-7-8-13(15)14(9-12)17-11(4)5/h7-11H,6,15H2,1-5H3. The van der Waals surface area contributed by atoms with E-state index in [4.69, 9.17) is 10.5 Å². The van der Waals surface area contributed by atoms with Gasteiger partial charge in [0.25, 0.3) is 0 Å². The van der Waals surface area contributed by atoms with Gasteiger partial charge in [0.15, 0.2) is 0 Å². The van der Waals surface area contributed by atoms with E-state index in [-0.39, 0.29) is 6.10 Å². The number of nitrogen functional groups attached to an aromatic ring is 1. The third-order valence-electron chi connectivity index (χ3n) is 2.66. The molecule has 0 radical (unpaired) electrons. The number of anilines is 2. The SMILES string of the molecule is CCN(c1ccc(N)c(OC(C)C)c1)C(C)C. The Hall–Kier alpha value is -1.38. The van der Waals surface area contributed by atoms with Crippen LogP contribution in [0.3, 0.4) is 0 Å². The Morgan fingerprint density at radius 1 is 1.24 bits per heavy atom. The second-order valence-electron chi connectivity index (χ2n) is 4.77. The first-order valence-electron chi connectivity index (χ1n) is 6.28. The van der Waals surface area contributed by atoms with Crippen LogP contribution in [0.25, 0.3) is 0 Å². The van der Waals surface area contributed by atoms with Crippen molar-refractivity contribution in [2.75, 3.05) is 17.2 Å². The first-order chi connectivity index (χ1) is 7.95. The molecule has 0 fully saturated rings. The molecule has 0 unspecified atom stereocenters. The lowest BCUT2D eigenvalue weighted by Gasteiger charge is -2.28. The molecule has 1 rings (SSSR count). The fourth-order valence-electron chi connectivity index (χ4n) is 1.90. The van der Waals surface area contributed by atoms with Crippen LogP contribution in [0.4, 0.5) is 11.4 Å². The summed E-state index contributed by atoms with van der Waals surface area (Å²) in [4.78, 5) is 2.31. The quantitative estimate of drug-likeness (QED) is 0.797. The van der Waals surface area contributed by atoms with Crippen LogP contribution < -0.4 is 15.4 Å². The second-order valence-corrected chi connectivity index (χ2v) is 4.77. The van der Waals surface area contributed by atoms with Gasteiger partial charge in [-0.1, -0.05) is 0 Å². The smallest absolute Gasteiger partial charge is 0.144 e. The molecular formula is C14H24N2O. The van der Waals surface area contributed by atoms with E-state index in [0.29, 0.717) is 11.7 Å². The number of rotatable bonds is 5. The van der Waals surface area contributed by atoms with Crippen LogP contribution in [-0.2, 0) is 0 Å². The van der Waals surface area contributed by atoms with Gasteiger partial charge in [0.05, 0.1) is 11.8 Å². The number of hydrogen-bond acceptors (Lipinski definition) is 3. The molecule has 1 aromatic rings. The summed E-state index contributed by atoms with van der Waals surface area (Å²) < 4.78 is 5.71. The van der Waals surface area contributed by atoms with E-state index in [1.54, 1.807) is 0 Å². The van der Waals surface area contributed by atoms with Crippen molar-refractivity contribution >= 4 is 11.4 Å². The van der Waals surface area contributed by atoms with E-state index in [9.17, 15) is 0 Å². The highest BCUT2D eigenvalue weighted by Gasteiger charge is 2.11. The van der Waals surface area contributed by atoms with E-state index in [1.165, 1.54) is 0 Å². The average Bonchev–Trinajstić information content (AvgIpc) is 2.22. The van der Waals surface area contributed by atoms with Crippen molar-refractivity contribution < 1.29 is 4.74 Å². The van der Waals surface area contributed by atoms with E-state index in [0.717, 1.165) is 18.0 Å². The fraction of sp³-hybridized carbons (Fsp3) is 0.571. The van der Waals surface area contributed by atoms with Crippen molar-refractivity contribution in [3.63, 3.8) is 0 Å². The monoisotopic (exact) mass is 236 g/mol. The minimum atomic E-state index is 0.140. The van der Waals surface area contributed by atoms with Gasteiger partial charge in [-0.3, -0.25) is 0 Å². The molecule has 0 amide bonds. The Labute approximate surface area is 105 Å². The van der Waals surface area contributed by atoms with Gasteiger partial charge in [-0.05, 0) is 46.8 Å². The van der Waals surface area contributed by atoms with Gasteiger partial charge in [0.1, 0.15) is 5.75 Å². The largest absolute Gasteiger partial charge is 0.489 e. The number of nitrogens with two attached hydrogens (primary N) is 1. The third kappa shape index (κ3) is 3.55. The van der Waals surface area contributed by atoms with Crippen molar-refractivity contribution in [1.29, 1.82) is 0 Å². The minimum Gasteiger partial charge on any atom is -0.489 e. The zero-order valence-electron chi connectivity index (χ0n) is 11.5. The van der Waals surface area contributed by atoms with E-state index in [2.05, 4.69) is 25.7 Å². The predicted molar refractivity (Wildman–Crippen MR) is 74.8 cm³/mol. The van der Waals surface area contributed by atoms with Crippen LogP contribution in [0.2, 0.25) is 0 Å². The highest BCUT2D eigenvalue weighted by molar-refractivity contribution is 5.62. The van der Waals surface area contributed by atoms with Gasteiger partial charge < -0.3 is 15.4 Å². The zero-order chi connectivity index (χ0) is 13.0. The third-order valence-corrected chi connectivity index (χ3v) is 2.66. The molecule has 0 saturated carbocycles. The molecule has 96 valence electrons. The molecule has 0 atom stereocenters. The zero-order valence-corrected chi connectivity index (χ0v) is 11.5. The van der Waals surface area contributed by atoms with Crippen LogP contribution in [0.1, 0.15) is 34.6 Å². The maximum Gasteiger partial charge on any atom is 0.144 e. The lowest BCUT2D eigenvalue weighted by molar-refractivity contribution is 0.244. The van der Waals surface area contributed by atoms with E-state index < -0.39 is 0 Å². The molecule has 3 nitrogen and oxygen atoms in total. The van der Waals surface area contributed by atoms with Gasteiger partial charge in [0, 0.05) is 24.3 Å². The second kappa shape index (κ2) is 5.80. The number of ether oxygens (including phenoxy) is 1. The van der Waals surface area contributed by atoms with Crippen LogP contribution >= 0.6 is 0 Å². The molecule has 0 bridgehead atoms. The molecule has 0 aliphatic carbocycles. The van der Waals surface area contributed by atoms with Gasteiger partial charge in [0.2, 0.25) is 0 Å². The number of benzene rings is 1. The molecule has 0 spiro atoms. The lowest BCUT2D eigenvalue weighted by atomic mass is 10.2. The Morgan fingerprint density at radius 2 is 1.88 bits per heavy atom. The van der Waals surface area contributed by atoms with Gasteiger partial charge in [-0.25, -0.2) is 0 Å². The maximum atomic E-state index is 5.91. The summed E-state index contributed by atoms with van der Waals surface area (Å²) in [6, 6.07) is 6.46. The molecule has 3 heteroatoms. The molecule has 0 saturated heterocycles. The van der Waals surface area contributed by atoms with Gasteiger partial charge in [-0.2, -0.15) is 0 Å². The first kappa shape index (κ1) is 13.7. The van der Waals surface area contributed by atoms with E-state index >= 15 is 0 Å². The number of nitrogens with zero attached hydrogens (tertiary/aromatic N) is 1. The molecule has 0 aliphatic rings. The summed E-state index contributed by atoms with van der Waals surface area (Å²) in [6.45, 7) is 11.5. The van der Waals surface area contributed by atoms with Crippen molar-refractivity contribution in [1.82, 2.24) is 0 Å². The highest BCUT2D eigenvalue weighted by Crippen LogP contribution is 2.29. The summed E-state index contributed by atoms with van der Waals surface area (Å²) in [7, 11) is 0. The first-order valence-corrected chi connectivity index (χ1v) is 6.28. The Balaban J connectivity index is 3.02. The summed E-state index contributed by atoms with van der Waals surface area (Å²) in [6.07, 6.45) is 0.140. The molecule has 0 heterocycles. The van der Waals surface area contributed by atoms with Crippen LogP contribution in [0, 0.1) is 0 Å². The highest BCUT2D eigenvalue weighted by atomic mass is 16.5. The van der Waals surface area contributed by atoms with E-state index in [1.807, 2.05) is 32.0 Å². The number of hydrogen-bond donors (Lipinski definition) is 1. The minimum absolute atomic E-state index is 0.140. The topological polar surface area (TPSA) is 38.5 Å². The van der Waals surface area contributed by atoms with Crippen LogP contribution in [0.5, 0.6) is 5.75 Å². The van der Waals surface area contributed by atoms with Gasteiger partial charge in [-0.15, -0.1) is 0 Å². The normalized spacial score (nSPS) is 11.0. The average molecular weight is 236 g/mol. The van der Waals surface area contributed by atoms with Crippen LogP contribution in [0.15, 0.2) is 18.2 Å². The molecule has 0 aliphatic heterocycles. The van der Waals surface area contributed by atoms with Crippen molar-refractivity contribution in [3.05, 3.63) is 18.2 Å². The molecule has 1 aromatic carbocycles. The predicted octanol–water partition coefficient (Wildman–Crippen LogP) is 3.29. The van der Waals surface area contributed by atoms with Crippen molar-refractivity contribution in [3.8, 4) is 5.75 Å². The Morgan fingerprint density at radius 3 is 2.35 bits per heavy atom. The molecule has 2 N–H and O–H groups in total. The van der Waals surface area contributed by atoms with Gasteiger partial charge >= 0.3 is 0 Å². The Bertz CT molecular complexity index is 361. The molecule has 17 heavy (non-hydrogen) atoms. The van der Waals surface area contributed by atoms with Crippen LogP contribution in [-0.4, -0.2) is 18.7 Å². The van der Waals surface area contributed by atoms with Crippen molar-refractivity contribution in [2.45, 2.75) is 46.8 Å².